The molecule has 2 amide bonds. The Hall–Kier alpha value is -3.32. The number of amides is 2. The maximum absolute atomic E-state index is 12.1. The first-order valence-corrected chi connectivity index (χ1v) is 8.90. The third-order valence-corrected chi connectivity index (χ3v) is 4.09. The minimum absolute atomic E-state index is 0.0240. The second-order valence-corrected chi connectivity index (χ2v) is 6.49. The number of anilines is 2. The first kappa shape index (κ1) is 19.4. The standard InChI is InChI=1S/C20H19ClN4O3/c1-28-18-7-5-16(6-8-18)23-20(27)13-25-12-17(11-22-25)24-19(26)10-14-3-2-4-15(21)9-14/h2-9,11-12H,10,13H2,1H3,(H,23,27)(H,24,26). The fourth-order valence-corrected chi connectivity index (χ4v) is 2.79. The minimum atomic E-state index is -0.231. The number of carbonyl (C=O) groups excluding carboxylic acids is 2. The van der Waals surface area contributed by atoms with Crippen molar-refractivity contribution in [2.75, 3.05) is 17.7 Å². The van der Waals surface area contributed by atoms with Gasteiger partial charge in [0.15, 0.2) is 0 Å². The topological polar surface area (TPSA) is 85.2 Å². The Morgan fingerprint density at radius 2 is 1.82 bits per heavy atom. The van der Waals surface area contributed by atoms with Gasteiger partial charge < -0.3 is 15.4 Å². The third-order valence-electron chi connectivity index (χ3n) is 3.85. The van der Waals surface area contributed by atoms with Crippen molar-refractivity contribution in [1.29, 1.82) is 0 Å². The summed E-state index contributed by atoms with van der Waals surface area (Å²) in [7, 11) is 1.58. The smallest absolute Gasteiger partial charge is 0.246 e. The van der Waals surface area contributed by atoms with Crippen molar-refractivity contribution in [2.24, 2.45) is 0 Å². The van der Waals surface area contributed by atoms with Crippen LogP contribution in [0.2, 0.25) is 5.02 Å². The summed E-state index contributed by atoms with van der Waals surface area (Å²) in [5, 5.41) is 10.2. The van der Waals surface area contributed by atoms with Crippen molar-refractivity contribution in [3.05, 3.63) is 71.5 Å². The molecule has 1 heterocycles. The predicted molar refractivity (Wildman–Crippen MR) is 108 cm³/mol. The largest absolute Gasteiger partial charge is 0.497 e. The number of halogens is 1. The number of hydrogen-bond donors (Lipinski definition) is 2. The van der Waals surface area contributed by atoms with E-state index >= 15 is 0 Å². The molecule has 0 saturated heterocycles. The van der Waals surface area contributed by atoms with Gasteiger partial charge in [-0.05, 0) is 42.0 Å². The first-order chi connectivity index (χ1) is 13.5. The minimum Gasteiger partial charge on any atom is -0.497 e. The summed E-state index contributed by atoms with van der Waals surface area (Å²) in [4.78, 5) is 24.3. The van der Waals surface area contributed by atoms with E-state index in [-0.39, 0.29) is 24.8 Å². The molecule has 0 aliphatic heterocycles. The van der Waals surface area contributed by atoms with Crippen LogP contribution in [-0.2, 0) is 22.6 Å². The lowest BCUT2D eigenvalue weighted by Gasteiger charge is -2.06. The zero-order valence-corrected chi connectivity index (χ0v) is 15.9. The highest BCUT2D eigenvalue weighted by atomic mass is 35.5. The van der Waals surface area contributed by atoms with Crippen LogP contribution in [0, 0.1) is 0 Å². The normalized spacial score (nSPS) is 10.4. The highest BCUT2D eigenvalue weighted by molar-refractivity contribution is 6.30. The van der Waals surface area contributed by atoms with E-state index in [0.717, 1.165) is 5.56 Å². The molecule has 0 aliphatic rings. The van der Waals surface area contributed by atoms with Gasteiger partial charge in [-0.2, -0.15) is 5.10 Å². The van der Waals surface area contributed by atoms with Crippen LogP contribution in [0.15, 0.2) is 60.9 Å². The lowest BCUT2D eigenvalue weighted by atomic mass is 10.1. The molecule has 0 aliphatic carbocycles. The van der Waals surface area contributed by atoms with Crippen molar-refractivity contribution in [3.8, 4) is 5.75 Å². The number of nitrogens with zero attached hydrogens (tertiary/aromatic N) is 2. The number of benzene rings is 2. The average molecular weight is 399 g/mol. The molecule has 0 atom stereocenters. The Balaban J connectivity index is 1.51. The zero-order valence-electron chi connectivity index (χ0n) is 15.2. The number of nitrogens with one attached hydrogen (secondary N) is 2. The van der Waals surface area contributed by atoms with Crippen LogP contribution in [0.4, 0.5) is 11.4 Å². The Labute approximate surface area is 167 Å². The van der Waals surface area contributed by atoms with E-state index in [2.05, 4.69) is 15.7 Å². The van der Waals surface area contributed by atoms with Gasteiger partial charge in [-0.3, -0.25) is 14.3 Å². The summed E-state index contributed by atoms with van der Waals surface area (Å²) in [6.07, 6.45) is 3.30. The van der Waals surface area contributed by atoms with E-state index in [9.17, 15) is 9.59 Å². The Kier molecular flexibility index (Phi) is 6.29. The van der Waals surface area contributed by atoms with Gasteiger partial charge in [-0.15, -0.1) is 0 Å². The molecule has 0 fully saturated rings. The lowest BCUT2D eigenvalue weighted by molar-refractivity contribution is -0.117. The van der Waals surface area contributed by atoms with Crippen LogP contribution in [0.25, 0.3) is 0 Å². The first-order valence-electron chi connectivity index (χ1n) is 8.52. The number of carbonyl (C=O) groups is 2. The summed E-state index contributed by atoms with van der Waals surface area (Å²) in [5.74, 6) is 0.290. The van der Waals surface area contributed by atoms with E-state index < -0.39 is 0 Å². The van der Waals surface area contributed by atoms with Crippen LogP contribution in [0.3, 0.4) is 0 Å². The summed E-state index contributed by atoms with van der Waals surface area (Å²) >= 11 is 5.92. The van der Waals surface area contributed by atoms with E-state index in [1.165, 1.54) is 10.9 Å². The monoisotopic (exact) mass is 398 g/mol. The van der Waals surface area contributed by atoms with Crippen LogP contribution < -0.4 is 15.4 Å². The van der Waals surface area contributed by atoms with Crippen LogP contribution in [0.5, 0.6) is 5.75 Å². The number of aromatic nitrogens is 2. The molecule has 28 heavy (non-hydrogen) atoms. The number of ether oxygens (including phenoxy) is 1. The molecule has 8 heteroatoms. The molecule has 1 aromatic heterocycles. The molecule has 2 N–H and O–H groups in total. The summed E-state index contributed by atoms with van der Waals surface area (Å²) in [5.41, 5.74) is 1.99. The van der Waals surface area contributed by atoms with Crippen LogP contribution >= 0.6 is 11.6 Å². The van der Waals surface area contributed by atoms with Gasteiger partial charge in [0.05, 0.1) is 25.4 Å². The molecule has 0 unspecified atom stereocenters. The Morgan fingerprint density at radius 1 is 1.07 bits per heavy atom. The Morgan fingerprint density at radius 3 is 2.54 bits per heavy atom. The highest BCUT2D eigenvalue weighted by Crippen LogP contribution is 2.15. The van der Waals surface area contributed by atoms with Crippen molar-refractivity contribution >= 4 is 34.8 Å². The lowest BCUT2D eigenvalue weighted by Crippen LogP contribution is -2.19. The molecular formula is C20H19ClN4O3. The molecule has 0 saturated carbocycles. The zero-order chi connectivity index (χ0) is 19.9. The summed E-state index contributed by atoms with van der Waals surface area (Å²) in [6, 6.07) is 14.2. The van der Waals surface area contributed by atoms with Gasteiger partial charge in [0.25, 0.3) is 0 Å². The number of hydrogen-bond acceptors (Lipinski definition) is 4. The number of methoxy groups -OCH3 is 1. The summed E-state index contributed by atoms with van der Waals surface area (Å²) < 4.78 is 6.53. The van der Waals surface area contributed by atoms with Crippen molar-refractivity contribution < 1.29 is 14.3 Å². The van der Waals surface area contributed by atoms with Gasteiger partial charge >= 0.3 is 0 Å². The number of rotatable bonds is 7. The van der Waals surface area contributed by atoms with Crippen molar-refractivity contribution in [3.63, 3.8) is 0 Å². The molecule has 144 valence electrons. The van der Waals surface area contributed by atoms with E-state index in [0.29, 0.717) is 22.1 Å². The fraction of sp³-hybridized carbons (Fsp3) is 0.150. The molecule has 3 rings (SSSR count). The Bertz CT molecular complexity index is 970. The van der Waals surface area contributed by atoms with Gasteiger partial charge in [-0.25, -0.2) is 0 Å². The quantitative estimate of drug-likeness (QED) is 0.639. The van der Waals surface area contributed by atoms with Crippen LogP contribution in [-0.4, -0.2) is 28.7 Å². The van der Waals surface area contributed by atoms with Crippen molar-refractivity contribution in [1.82, 2.24) is 9.78 Å². The van der Waals surface area contributed by atoms with E-state index in [4.69, 9.17) is 16.3 Å². The summed E-state index contributed by atoms with van der Waals surface area (Å²) in [6.45, 7) is 0.0240. The van der Waals surface area contributed by atoms with Crippen molar-refractivity contribution in [2.45, 2.75) is 13.0 Å². The maximum Gasteiger partial charge on any atom is 0.246 e. The van der Waals surface area contributed by atoms with Crippen LogP contribution in [0.1, 0.15) is 5.56 Å². The molecule has 3 aromatic rings. The molecular weight excluding hydrogens is 380 g/mol. The maximum atomic E-state index is 12.1. The highest BCUT2D eigenvalue weighted by Gasteiger charge is 2.09. The molecule has 2 aromatic carbocycles. The van der Waals surface area contributed by atoms with E-state index in [1.54, 1.807) is 55.8 Å². The van der Waals surface area contributed by atoms with Gasteiger partial charge in [0.1, 0.15) is 12.3 Å². The molecule has 0 bridgehead atoms. The molecule has 0 spiro atoms. The molecule has 0 radical (unpaired) electrons. The van der Waals surface area contributed by atoms with Gasteiger partial charge in [0, 0.05) is 16.9 Å². The van der Waals surface area contributed by atoms with Gasteiger partial charge in [-0.1, -0.05) is 23.7 Å². The second kappa shape index (κ2) is 9.05. The SMILES string of the molecule is COc1ccc(NC(=O)Cn2cc(NC(=O)Cc3cccc(Cl)c3)cn2)cc1. The van der Waals surface area contributed by atoms with E-state index in [1.807, 2.05) is 6.07 Å². The predicted octanol–water partition coefficient (Wildman–Crippen LogP) is 3.37. The molecule has 7 nitrogen and oxygen atoms in total. The van der Waals surface area contributed by atoms with Gasteiger partial charge in [0.2, 0.25) is 11.8 Å². The fourth-order valence-electron chi connectivity index (χ4n) is 2.57. The third kappa shape index (κ3) is 5.59. The average Bonchev–Trinajstić information content (AvgIpc) is 3.08. The second-order valence-electron chi connectivity index (χ2n) is 6.06.